The first kappa shape index (κ1) is 10.1. The smallest absolute Gasteiger partial charge is 0.0934 e. The van der Waals surface area contributed by atoms with Crippen molar-refractivity contribution < 1.29 is 0 Å². The number of rotatable bonds is 3. The second-order valence-corrected chi connectivity index (χ2v) is 5.27. The Morgan fingerprint density at radius 1 is 1.38 bits per heavy atom. The minimum absolute atomic E-state index is 0.880. The monoisotopic (exact) mass is 276 g/mol. The highest BCUT2D eigenvalue weighted by Gasteiger charge is 2.20. The first-order chi connectivity index (χ1) is 7.83. The van der Waals surface area contributed by atoms with Gasteiger partial charge in [-0.2, -0.15) is 0 Å². The molecule has 1 aromatic heterocycles. The van der Waals surface area contributed by atoms with Crippen molar-refractivity contribution in [3.63, 3.8) is 0 Å². The molecule has 3 rings (SSSR count). The summed E-state index contributed by atoms with van der Waals surface area (Å²) in [7, 11) is 0. The van der Waals surface area contributed by atoms with Gasteiger partial charge in [0.25, 0.3) is 0 Å². The van der Waals surface area contributed by atoms with Crippen molar-refractivity contribution in [2.45, 2.75) is 12.8 Å². The summed E-state index contributed by atoms with van der Waals surface area (Å²) in [4.78, 5) is 4.47. The Morgan fingerprint density at radius 3 is 3.06 bits per heavy atom. The number of halogens is 1. The highest BCUT2D eigenvalue weighted by Crippen LogP contribution is 2.30. The van der Waals surface area contributed by atoms with Crippen LogP contribution in [0.2, 0.25) is 0 Å². The fourth-order valence-corrected chi connectivity index (χ4v) is 2.20. The molecule has 0 spiro atoms. The maximum Gasteiger partial charge on any atom is 0.0934 e. The zero-order valence-electron chi connectivity index (χ0n) is 8.91. The van der Waals surface area contributed by atoms with E-state index in [1.165, 1.54) is 18.2 Å². The molecule has 0 radical (unpaired) electrons. The lowest BCUT2D eigenvalue weighted by molar-refractivity contribution is 0.890. The van der Waals surface area contributed by atoms with E-state index in [0.29, 0.717) is 0 Å². The Bertz CT molecular complexity index is 520. The predicted molar refractivity (Wildman–Crippen MR) is 70.7 cm³/mol. The van der Waals surface area contributed by atoms with Gasteiger partial charge in [-0.15, -0.1) is 0 Å². The molecule has 1 heterocycles. The summed E-state index contributed by atoms with van der Waals surface area (Å²) >= 11 is 3.45. The third kappa shape index (κ3) is 2.05. The van der Waals surface area contributed by atoms with Crippen LogP contribution in [0.5, 0.6) is 0 Å². The van der Waals surface area contributed by atoms with Gasteiger partial charge in [0.15, 0.2) is 0 Å². The summed E-state index contributed by atoms with van der Waals surface area (Å²) in [6.45, 7) is 1.08. The average molecular weight is 277 g/mol. The minimum atomic E-state index is 0.880. The van der Waals surface area contributed by atoms with Gasteiger partial charge in [0.1, 0.15) is 0 Å². The maximum absolute atomic E-state index is 4.47. The van der Waals surface area contributed by atoms with Gasteiger partial charge >= 0.3 is 0 Å². The lowest BCUT2D eigenvalue weighted by Gasteiger charge is -2.08. The van der Waals surface area contributed by atoms with E-state index in [4.69, 9.17) is 0 Å². The summed E-state index contributed by atoms with van der Waals surface area (Å²) in [6.07, 6.45) is 4.60. The summed E-state index contributed by atoms with van der Waals surface area (Å²) in [5.41, 5.74) is 2.21. The Kier molecular flexibility index (Phi) is 2.56. The normalized spacial score (nSPS) is 15.3. The number of pyridine rings is 1. The van der Waals surface area contributed by atoms with Crippen LogP contribution in [0.15, 0.2) is 34.9 Å². The van der Waals surface area contributed by atoms with Gasteiger partial charge in [0.2, 0.25) is 0 Å². The molecule has 1 aromatic carbocycles. The van der Waals surface area contributed by atoms with Crippen LogP contribution in [0, 0.1) is 5.92 Å². The molecule has 0 bridgehead atoms. The van der Waals surface area contributed by atoms with E-state index >= 15 is 0 Å². The zero-order chi connectivity index (χ0) is 11.0. The van der Waals surface area contributed by atoms with Crippen molar-refractivity contribution in [3.8, 4) is 0 Å². The van der Waals surface area contributed by atoms with Crippen molar-refractivity contribution in [1.82, 2.24) is 4.98 Å². The molecule has 1 aliphatic rings. The SMILES string of the molecule is Brc1cnc2c(NCC3CC3)cccc2c1. The van der Waals surface area contributed by atoms with Crippen LogP contribution in [0.3, 0.4) is 0 Å². The molecule has 1 fully saturated rings. The zero-order valence-corrected chi connectivity index (χ0v) is 10.5. The molecule has 3 heteroatoms. The minimum Gasteiger partial charge on any atom is -0.383 e. The number of fused-ring (bicyclic) bond motifs is 1. The van der Waals surface area contributed by atoms with Gasteiger partial charge in [-0.05, 0) is 46.8 Å². The Balaban J connectivity index is 1.95. The van der Waals surface area contributed by atoms with E-state index in [2.05, 4.69) is 50.5 Å². The molecule has 2 aromatic rings. The standard InChI is InChI=1S/C13H13BrN2/c14-11-6-10-2-1-3-12(13(10)16-8-11)15-7-9-4-5-9/h1-3,6,8-9,15H,4-5,7H2. The molecule has 82 valence electrons. The van der Waals surface area contributed by atoms with Crippen LogP contribution < -0.4 is 5.32 Å². The number of nitrogens with zero attached hydrogens (tertiary/aromatic N) is 1. The Labute approximate surface area is 103 Å². The third-order valence-corrected chi connectivity index (χ3v) is 3.39. The Morgan fingerprint density at radius 2 is 2.25 bits per heavy atom. The largest absolute Gasteiger partial charge is 0.383 e. The lowest BCUT2D eigenvalue weighted by Crippen LogP contribution is -2.03. The number of para-hydroxylation sites is 1. The van der Waals surface area contributed by atoms with Gasteiger partial charge in [-0.1, -0.05) is 12.1 Å². The summed E-state index contributed by atoms with van der Waals surface area (Å²) < 4.78 is 1.03. The first-order valence-electron chi connectivity index (χ1n) is 5.61. The fraction of sp³-hybridized carbons (Fsp3) is 0.308. The van der Waals surface area contributed by atoms with Gasteiger partial charge in [-0.25, -0.2) is 0 Å². The summed E-state index contributed by atoms with van der Waals surface area (Å²) in [5, 5.41) is 4.67. The number of hydrogen-bond acceptors (Lipinski definition) is 2. The van der Waals surface area contributed by atoms with E-state index in [9.17, 15) is 0 Å². The number of nitrogens with one attached hydrogen (secondary N) is 1. The van der Waals surface area contributed by atoms with Crippen molar-refractivity contribution in [1.29, 1.82) is 0 Å². The fourth-order valence-electron chi connectivity index (χ4n) is 1.85. The average Bonchev–Trinajstić information content (AvgIpc) is 3.09. The molecule has 0 saturated heterocycles. The van der Waals surface area contributed by atoms with E-state index < -0.39 is 0 Å². The van der Waals surface area contributed by atoms with Crippen molar-refractivity contribution >= 4 is 32.5 Å². The number of hydrogen-bond donors (Lipinski definition) is 1. The van der Waals surface area contributed by atoms with Crippen LogP contribution in [0.1, 0.15) is 12.8 Å². The third-order valence-electron chi connectivity index (χ3n) is 2.96. The van der Waals surface area contributed by atoms with Crippen LogP contribution in [-0.2, 0) is 0 Å². The Hall–Kier alpha value is -1.09. The van der Waals surface area contributed by atoms with Crippen molar-refractivity contribution in [2.24, 2.45) is 5.92 Å². The molecule has 0 atom stereocenters. The van der Waals surface area contributed by atoms with Crippen LogP contribution >= 0.6 is 15.9 Å². The molecule has 2 nitrogen and oxygen atoms in total. The lowest BCUT2D eigenvalue weighted by atomic mass is 10.2. The van der Waals surface area contributed by atoms with Gasteiger partial charge < -0.3 is 5.32 Å². The maximum atomic E-state index is 4.47. The second kappa shape index (κ2) is 4.06. The van der Waals surface area contributed by atoms with Crippen LogP contribution in [0.25, 0.3) is 10.9 Å². The van der Waals surface area contributed by atoms with Crippen molar-refractivity contribution in [2.75, 3.05) is 11.9 Å². The first-order valence-corrected chi connectivity index (χ1v) is 6.40. The van der Waals surface area contributed by atoms with Gasteiger partial charge in [0.05, 0.1) is 11.2 Å². The molecule has 0 amide bonds. The van der Waals surface area contributed by atoms with Crippen LogP contribution in [-0.4, -0.2) is 11.5 Å². The van der Waals surface area contributed by atoms with Crippen molar-refractivity contribution in [3.05, 3.63) is 34.9 Å². The predicted octanol–water partition coefficient (Wildman–Crippen LogP) is 3.82. The topological polar surface area (TPSA) is 24.9 Å². The molecular formula is C13H13BrN2. The van der Waals surface area contributed by atoms with Gasteiger partial charge in [-0.3, -0.25) is 4.98 Å². The highest BCUT2D eigenvalue weighted by atomic mass is 79.9. The van der Waals surface area contributed by atoms with Crippen LogP contribution in [0.4, 0.5) is 5.69 Å². The molecule has 0 unspecified atom stereocenters. The molecule has 1 saturated carbocycles. The van der Waals surface area contributed by atoms with Gasteiger partial charge in [0, 0.05) is 22.6 Å². The molecule has 1 aliphatic carbocycles. The molecular weight excluding hydrogens is 264 g/mol. The highest BCUT2D eigenvalue weighted by molar-refractivity contribution is 9.10. The number of benzene rings is 1. The number of aromatic nitrogens is 1. The van der Waals surface area contributed by atoms with E-state index in [0.717, 1.165) is 28.1 Å². The molecule has 0 aliphatic heterocycles. The quantitative estimate of drug-likeness (QED) is 0.922. The van der Waals surface area contributed by atoms with E-state index in [1.54, 1.807) is 0 Å². The molecule has 1 N–H and O–H groups in total. The second-order valence-electron chi connectivity index (χ2n) is 4.36. The summed E-state index contributed by atoms with van der Waals surface area (Å²) in [5.74, 6) is 0.880. The van der Waals surface area contributed by atoms with E-state index in [1.807, 2.05) is 6.20 Å². The summed E-state index contributed by atoms with van der Waals surface area (Å²) in [6, 6.07) is 8.37. The number of anilines is 1. The van der Waals surface area contributed by atoms with E-state index in [-0.39, 0.29) is 0 Å². The molecule has 16 heavy (non-hydrogen) atoms.